The van der Waals surface area contributed by atoms with Crippen LogP contribution >= 0.6 is 0 Å². The highest BCUT2D eigenvalue weighted by Crippen LogP contribution is 2.22. The SMILES string of the molecule is CC1CCN(C(=O)N(C)CCC(=O)O)C(C)C1. The number of piperidine rings is 1. The monoisotopic (exact) mass is 242 g/mol. The van der Waals surface area contributed by atoms with Crippen molar-refractivity contribution in [2.75, 3.05) is 20.1 Å². The van der Waals surface area contributed by atoms with Crippen molar-refractivity contribution in [3.05, 3.63) is 0 Å². The summed E-state index contributed by atoms with van der Waals surface area (Å²) in [6.07, 6.45) is 2.06. The Bertz CT molecular complexity index is 293. The minimum atomic E-state index is -0.870. The molecule has 0 spiro atoms. The maximum absolute atomic E-state index is 12.1. The molecule has 0 aliphatic carbocycles. The summed E-state index contributed by atoms with van der Waals surface area (Å²) in [5, 5.41) is 8.59. The summed E-state index contributed by atoms with van der Waals surface area (Å²) in [7, 11) is 1.66. The normalized spacial score (nSPS) is 24.5. The van der Waals surface area contributed by atoms with Gasteiger partial charge in [0.2, 0.25) is 0 Å². The summed E-state index contributed by atoms with van der Waals surface area (Å²) in [6.45, 7) is 5.30. The van der Waals surface area contributed by atoms with E-state index in [-0.39, 0.29) is 25.0 Å². The number of carboxylic acids is 1. The van der Waals surface area contributed by atoms with E-state index >= 15 is 0 Å². The molecule has 98 valence electrons. The Morgan fingerprint density at radius 2 is 2.06 bits per heavy atom. The fourth-order valence-corrected chi connectivity index (χ4v) is 2.27. The van der Waals surface area contributed by atoms with Gasteiger partial charge >= 0.3 is 12.0 Å². The lowest BCUT2D eigenvalue weighted by molar-refractivity contribution is -0.137. The number of nitrogens with zero attached hydrogens (tertiary/aromatic N) is 2. The van der Waals surface area contributed by atoms with Crippen LogP contribution < -0.4 is 0 Å². The number of carboxylic acid groups (broad SMARTS) is 1. The molecule has 2 unspecified atom stereocenters. The first-order valence-electron chi connectivity index (χ1n) is 6.15. The number of hydrogen-bond acceptors (Lipinski definition) is 2. The van der Waals surface area contributed by atoms with E-state index in [9.17, 15) is 9.59 Å². The van der Waals surface area contributed by atoms with Crippen LogP contribution in [0.2, 0.25) is 0 Å². The maximum atomic E-state index is 12.1. The second-order valence-electron chi connectivity index (χ2n) is 5.02. The molecule has 0 aromatic rings. The van der Waals surface area contributed by atoms with Crippen LogP contribution in [0.3, 0.4) is 0 Å². The summed E-state index contributed by atoms with van der Waals surface area (Å²) in [6, 6.07) is 0.198. The van der Waals surface area contributed by atoms with Gasteiger partial charge in [-0.1, -0.05) is 6.92 Å². The van der Waals surface area contributed by atoms with Gasteiger partial charge in [-0.25, -0.2) is 4.79 Å². The van der Waals surface area contributed by atoms with Crippen LogP contribution in [0.15, 0.2) is 0 Å². The van der Waals surface area contributed by atoms with E-state index in [0.717, 1.165) is 19.4 Å². The second kappa shape index (κ2) is 5.89. The third-order valence-electron chi connectivity index (χ3n) is 3.37. The zero-order valence-corrected chi connectivity index (χ0v) is 10.8. The van der Waals surface area contributed by atoms with Gasteiger partial charge in [0.1, 0.15) is 0 Å². The average Bonchev–Trinajstić information content (AvgIpc) is 2.25. The van der Waals surface area contributed by atoms with E-state index in [0.29, 0.717) is 5.92 Å². The van der Waals surface area contributed by atoms with E-state index in [4.69, 9.17) is 5.11 Å². The highest BCUT2D eigenvalue weighted by molar-refractivity contribution is 5.75. The Hall–Kier alpha value is -1.26. The van der Waals surface area contributed by atoms with E-state index < -0.39 is 5.97 Å². The molecule has 1 saturated heterocycles. The van der Waals surface area contributed by atoms with Gasteiger partial charge in [-0.15, -0.1) is 0 Å². The fourth-order valence-electron chi connectivity index (χ4n) is 2.27. The molecule has 0 radical (unpaired) electrons. The quantitative estimate of drug-likeness (QED) is 0.818. The van der Waals surface area contributed by atoms with Crippen LogP contribution in [0.1, 0.15) is 33.1 Å². The molecule has 1 aliphatic rings. The molecule has 1 heterocycles. The van der Waals surface area contributed by atoms with E-state index in [2.05, 4.69) is 13.8 Å². The number of likely N-dealkylation sites (tertiary alicyclic amines) is 1. The maximum Gasteiger partial charge on any atom is 0.319 e. The number of rotatable bonds is 3. The van der Waals surface area contributed by atoms with Crippen molar-refractivity contribution in [3.8, 4) is 0 Å². The zero-order valence-electron chi connectivity index (χ0n) is 10.8. The number of urea groups is 1. The Balaban J connectivity index is 2.48. The first kappa shape index (κ1) is 13.8. The van der Waals surface area contributed by atoms with Gasteiger partial charge < -0.3 is 14.9 Å². The smallest absolute Gasteiger partial charge is 0.319 e. The van der Waals surface area contributed by atoms with Crippen molar-refractivity contribution >= 4 is 12.0 Å². The first-order chi connectivity index (χ1) is 7.91. The van der Waals surface area contributed by atoms with Crippen molar-refractivity contribution in [1.82, 2.24) is 9.80 Å². The number of hydrogen-bond donors (Lipinski definition) is 1. The van der Waals surface area contributed by atoms with Crippen molar-refractivity contribution in [2.24, 2.45) is 5.92 Å². The lowest BCUT2D eigenvalue weighted by Gasteiger charge is -2.38. The molecule has 2 amide bonds. The summed E-state index contributed by atoms with van der Waals surface area (Å²) in [5.74, 6) is -0.205. The van der Waals surface area contributed by atoms with Crippen molar-refractivity contribution in [1.29, 1.82) is 0 Å². The first-order valence-corrected chi connectivity index (χ1v) is 6.15. The highest BCUT2D eigenvalue weighted by Gasteiger charge is 2.28. The molecule has 17 heavy (non-hydrogen) atoms. The highest BCUT2D eigenvalue weighted by atomic mass is 16.4. The largest absolute Gasteiger partial charge is 0.481 e. The third kappa shape index (κ3) is 3.91. The van der Waals surface area contributed by atoms with Crippen molar-refractivity contribution < 1.29 is 14.7 Å². The van der Waals surface area contributed by atoms with E-state index in [1.807, 2.05) is 4.90 Å². The van der Waals surface area contributed by atoms with Gasteiger partial charge in [-0.2, -0.15) is 0 Å². The van der Waals surface area contributed by atoms with Crippen LogP contribution in [0.5, 0.6) is 0 Å². The molecule has 2 atom stereocenters. The molecular formula is C12H22N2O3. The molecule has 1 aliphatic heterocycles. The minimum Gasteiger partial charge on any atom is -0.481 e. The summed E-state index contributed by atoms with van der Waals surface area (Å²) >= 11 is 0. The number of amides is 2. The van der Waals surface area contributed by atoms with Gasteiger partial charge in [0.05, 0.1) is 6.42 Å². The van der Waals surface area contributed by atoms with E-state index in [1.54, 1.807) is 7.05 Å². The molecule has 0 aromatic heterocycles. The average molecular weight is 242 g/mol. The van der Waals surface area contributed by atoms with E-state index in [1.165, 1.54) is 4.90 Å². The summed E-state index contributed by atoms with van der Waals surface area (Å²) < 4.78 is 0. The van der Waals surface area contributed by atoms with Crippen LogP contribution in [-0.2, 0) is 4.79 Å². The molecule has 0 bridgehead atoms. The van der Waals surface area contributed by atoms with Gasteiger partial charge in [-0.3, -0.25) is 4.79 Å². The number of carbonyl (C=O) groups is 2. The topological polar surface area (TPSA) is 60.9 Å². The molecular weight excluding hydrogens is 220 g/mol. The van der Waals surface area contributed by atoms with Crippen LogP contribution in [0.25, 0.3) is 0 Å². The Morgan fingerprint density at radius 3 is 2.59 bits per heavy atom. The predicted octanol–water partition coefficient (Wildman–Crippen LogP) is 1.63. The predicted molar refractivity (Wildman–Crippen MR) is 64.8 cm³/mol. The minimum absolute atomic E-state index is 0.000857. The van der Waals surface area contributed by atoms with Crippen molar-refractivity contribution in [2.45, 2.75) is 39.2 Å². The van der Waals surface area contributed by atoms with Gasteiger partial charge in [0, 0.05) is 26.2 Å². The van der Waals surface area contributed by atoms with Gasteiger partial charge in [-0.05, 0) is 25.7 Å². The number of carbonyl (C=O) groups excluding carboxylic acids is 1. The lowest BCUT2D eigenvalue weighted by Crippen LogP contribution is -2.49. The zero-order chi connectivity index (χ0) is 13.0. The molecule has 1 fully saturated rings. The lowest BCUT2D eigenvalue weighted by atomic mass is 9.94. The summed E-state index contributed by atoms with van der Waals surface area (Å²) in [5.41, 5.74) is 0. The standard InChI is InChI=1S/C12H22N2O3/c1-9-4-7-14(10(2)8-9)12(17)13(3)6-5-11(15)16/h9-10H,4-8H2,1-3H3,(H,15,16). The van der Waals surface area contributed by atoms with Crippen LogP contribution in [-0.4, -0.2) is 53.1 Å². The summed E-state index contributed by atoms with van der Waals surface area (Å²) in [4.78, 5) is 25.9. The third-order valence-corrected chi connectivity index (χ3v) is 3.37. The molecule has 0 saturated carbocycles. The molecule has 0 aromatic carbocycles. The Morgan fingerprint density at radius 1 is 1.41 bits per heavy atom. The Kier molecular flexibility index (Phi) is 4.78. The second-order valence-corrected chi connectivity index (χ2v) is 5.02. The van der Waals surface area contributed by atoms with Gasteiger partial charge in [0.25, 0.3) is 0 Å². The number of aliphatic carboxylic acids is 1. The molecule has 1 N–H and O–H groups in total. The van der Waals surface area contributed by atoms with Crippen LogP contribution in [0.4, 0.5) is 4.79 Å². The molecule has 5 heteroatoms. The van der Waals surface area contributed by atoms with Gasteiger partial charge in [0.15, 0.2) is 0 Å². The fraction of sp³-hybridized carbons (Fsp3) is 0.833. The van der Waals surface area contributed by atoms with Crippen molar-refractivity contribution in [3.63, 3.8) is 0 Å². The molecule has 1 rings (SSSR count). The molecule has 5 nitrogen and oxygen atoms in total. The van der Waals surface area contributed by atoms with Crippen LogP contribution in [0, 0.1) is 5.92 Å². The Labute approximate surface area is 102 Å².